The first-order valence-corrected chi connectivity index (χ1v) is 8.27. The van der Waals surface area contributed by atoms with Crippen molar-refractivity contribution < 1.29 is 4.79 Å². The Morgan fingerprint density at radius 2 is 2.05 bits per heavy atom. The number of carbonyl (C=O) groups is 1. The Bertz CT molecular complexity index is 664. The molecule has 3 N–H and O–H groups in total. The van der Waals surface area contributed by atoms with Crippen molar-refractivity contribution in [2.45, 2.75) is 26.7 Å². The first kappa shape index (κ1) is 16.8. The van der Waals surface area contributed by atoms with Gasteiger partial charge in [0, 0.05) is 28.1 Å². The van der Waals surface area contributed by atoms with Crippen LogP contribution >= 0.6 is 15.9 Å². The molecule has 5 heteroatoms. The zero-order valence-electron chi connectivity index (χ0n) is 13.0. The maximum atomic E-state index is 12.3. The predicted octanol–water partition coefficient (Wildman–Crippen LogP) is 3.33. The van der Waals surface area contributed by atoms with Crippen LogP contribution < -0.4 is 11.1 Å². The zero-order valence-corrected chi connectivity index (χ0v) is 14.6. The Balaban J connectivity index is 2.22. The van der Waals surface area contributed by atoms with Gasteiger partial charge >= 0.3 is 0 Å². The molecule has 0 aliphatic rings. The number of unbranched alkanes of at least 4 members (excludes halogenated alkanes) is 1. The van der Waals surface area contributed by atoms with Crippen LogP contribution in [0.3, 0.4) is 0 Å². The van der Waals surface area contributed by atoms with Crippen molar-refractivity contribution in [1.82, 2.24) is 9.88 Å². The van der Waals surface area contributed by atoms with E-state index >= 15 is 0 Å². The minimum atomic E-state index is -0.0219. The Hall–Kier alpha value is -1.59. The minimum absolute atomic E-state index is 0.0219. The van der Waals surface area contributed by atoms with Crippen LogP contribution in [0.4, 0.5) is 0 Å². The van der Waals surface area contributed by atoms with Gasteiger partial charge in [-0.3, -0.25) is 4.79 Å². The molecule has 0 radical (unpaired) electrons. The monoisotopic (exact) mass is 363 g/mol. The number of hydrogen-bond acceptors (Lipinski definition) is 2. The molecule has 1 amide bonds. The molecule has 2 rings (SSSR count). The van der Waals surface area contributed by atoms with E-state index in [0.29, 0.717) is 13.1 Å². The van der Waals surface area contributed by atoms with E-state index in [-0.39, 0.29) is 5.91 Å². The number of nitrogens with one attached hydrogen (secondary N) is 1. The number of halogens is 1. The Morgan fingerprint density at radius 1 is 1.27 bits per heavy atom. The Kier molecular flexibility index (Phi) is 5.80. The standard InChI is InChI=1S/C17H22BrN3O/c1-12-10-16(17(22)20-9-4-3-8-19)13(2)21(12)15-7-5-6-14(18)11-15/h5-7,10-11H,3-4,8-9,19H2,1-2H3,(H,20,22). The van der Waals surface area contributed by atoms with E-state index in [4.69, 9.17) is 5.73 Å². The molecule has 0 unspecified atom stereocenters. The summed E-state index contributed by atoms with van der Waals surface area (Å²) >= 11 is 3.49. The van der Waals surface area contributed by atoms with Gasteiger partial charge in [0.05, 0.1) is 5.56 Å². The van der Waals surface area contributed by atoms with Crippen molar-refractivity contribution in [3.8, 4) is 5.69 Å². The summed E-state index contributed by atoms with van der Waals surface area (Å²) in [5.74, 6) is -0.0219. The summed E-state index contributed by atoms with van der Waals surface area (Å²) in [7, 11) is 0. The molecule has 4 nitrogen and oxygen atoms in total. The summed E-state index contributed by atoms with van der Waals surface area (Å²) in [6.45, 7) is 5.31. The Morgan fingerprint density at radius 3 is 2.73 bits per heavy atom. The van der Waals surface area contributed by atoms with Gasteiger partial charge in [-0.05, 0) is 57.5 Å². The van der Waals surface area contributed by atoms with Crippen molar-refractivity contribution in [2.24, 2.45) is 5.73 Å². The van der Waals surface area contributed by atoms with Crippen molar-refractivity contribution in [1.29, 1.82) is 0 Å². The lowest BCUT2D eigenvalue weighted by Crippen LogP contribution is -2.25. The van der Waals surface area contributed by atoms with Crippen LogP contribution in [0.25, 0.3) is 5.69 Å². The average molecular weight is 364 g/mol. The van der Waals surface area contributed by atoms with Crippen LogP contribution in [0.1, 0.15) is 34.6 Å². The highest BCUT2D eigenvalue weighted by atomic mass is 79.9. The number of benzene rings is 1. The van der Waals surface area contributed by atoms with Gasteiger partial charge in [-0.15, -0.1) is 0 Å². The number of nitrogens with zero attached hydrogens (tertiary/aromatic N) is 1. The molecule has 0 aliphatic carbocycles. The largest absolute Gasteiger partial charge is 0.352 e. The smallest absolute Gasteiger partial charge is 0.253 e. The fraction of sp³-hybridized carbons (Fsp3) is 0.353. The van der Waals surface area contributed by atoms with Gasteiger partial charge in [-0.25, -0.2) is 0 Å². The van der Waals surface area contributed by atoms with Gasteiger partial charge in [0.1, 0.15) is 0 Å². The van der Waals surface area contributed by atoms with Crippen LogP contribution in [-0.4, -0.2) is 23.6 Å². The number of hydrogen-bond donors (Lipinski definition) is 2. The van der Waals surface area contributed by atoms with Crippen LogP contribution in [0, 0.1) is 13.8 Å². The third-order valence-electron chi connectivity index (χ3n) is 3.66. The molecule has 2 aromatic rings. The molecule has 0 spiro atoms. The maximum Gasteiger partial charge on any atom is 0.253 e. The number of rotatable bonds is 6. The summed E-state index contributed by atoms with van der Waals surface area (Å²) < 4.78 is 3.12. The molecule has 1 aromatic carbocycles. The third kappa shape index (κ3) is 3.78. The van der Waals surface area contributed by atoms with Gasteiger partial charge in [-0.2, -0.15) is 0 Å². The highest BCUT2D eigenvalue weighted by Gasteiger charge is 2.16. The molecule has 118 valence electrons. The minimum Gasteiger partial charge on any atom is -0.352 e. The molecule has 0 fully saturated rings. The van der Waals surface area contributed by atoms with E-state index < -0.39 is 0 Å². The summed E-state index contributed by atoms with van der Waals surface area (Å²) in [4.78, 5) is 12.3. The summed E-state index contributed by atoms with van der Waals surface area (Å²) in [5.41, 5.74) is 9.23. The first-order valence-electron chi connectivity index (χ1n) is 7.47. The number of aryl methyl sites for hydroxylation is 1. The SMILES string of the molecule is Cc1cc(C(=O)NCCCCN)c(C)n1-c1cccc(Br)c1. The molecule has 1 aromatic heterocycles. The predicted molar refractivity (Wildman–Crippen MR) is 93.6 cm³/mol. The number of amides is 1. The van der Waals surface area contributed by atoms with Crippen LogP contribution in [0.2, 0.25) is 0 Å². The second-order valence-electron chi connectivity index (χ2n) is 5.35. The lowest BCUT2D eigenvalue weighted by Gasteiger charge is -2.10. The zero-order chi connectivity index (χ0) is 16.1. The third-order valence-corrected chi connectivity index (χ3v) is 4.15. The molecule has 0 bridgehead atoms. The van der Waals surface area contributed by atoms with Crippen LogP contribution in [0.15, 0.2) is 34.8 Å². The molecular formula is C17H22BrN3O. The number of aromatic nitrogens is 1. The molecular weight excluding hydrogens is 342 g/mol. The fourth-order valence-corrected chi connectivity index (χ4v) is 2.96. The fourth-order valence-electron chi connectivity index (χ4n) is 2.57. The normalized spacial score (nSPS) is 10.7. The van der Waals surface area contributed by atoms with E-state index in [1.54, 1.807) is 0 Å². The van der Waals surface area contributed by atoms with Gasteiger partial charge in [0.25, 0.3) is 5.91 Å². The van der Waals surface area contributed by atoms with Crippen LogP contribution in [-0.2, 0) is 0 Å². The molecule has 0 aliphatic heterocycles. The van der Waals surface area contributed by atoms with E-state index in [2.05, 4.69) is 25.8 Å². The molecule has 1 heterocycles. The topological polar surface area (TPSA) is 60.1 Å². The number of carbonyl (C=O) groups excluding carboxylic acids is 1. The lowest BCUT2D eigenvalue weighted by atomic mass is 10.2. The molecule has 0 atom stereocenters. The first-order chi connectivity index (χ1) is 10.5. The number of nitrogens with two attached hydrogens (primary N) is 1. The molecule has 0 saturated heterocycles. The van der Waals surface area contributed by atoms with Crippen LogP contribution in [0.5, 0.6) is 0 Å². The van der Waals surface area contributed by atoms with Gasteiger partial charge in [-0.1, -0.05) is 22.0 Å². The second kappa shape index (κ2) is 7.61. The average Bonchev–Trinajstić information content (AvgIpc) is 2.78. The second-order valence-corrected chi connectivity index (χ2v) is 6.27. The maximum absolute atomic E-state index is 12.3. The Labute approximate surface area is 139 Å². The van der Waals surface area contributed by atoms with Crippen molar-refractivity contribution in [2.75, 3.05) is 13.1 Å². The van der Waals surface area contributed by atoms with Crippen molar-refractivity contribution in [3.63, 3.8) is 0 Å². The summed E-state index contributed by atoms with van der Waals surface area (Å²) in [6.07, 6.45) is 1.84. The van der Waals surface area contributed by atoms with Gasteiger partial charge in [0.15, 0.2) is 0 Å². The van der Waals surface area contributed by atoms with E-state index in [9.17, 15) is 4.79 Å². The van der Waals surface area contributed by atoms with E-state index in [1.807, 2.05) is 44.2 Å². The molecule has 22 heavy (non-hydrogen) atoms. The van der Waals surface area contributed by atoms with Crippen molar-refractivity contribution in [3.05, 3.63) is 51.8 Å². The lowest BCUT2D eigenvalue weighted by molar-refractivity contribution is 0.0952. The van der Waals surface area contributed by atoms with E-state index in [0.717, 1.165) is 40.0 Å². The summed E-state index contributed by atoms with van der Waals surface area (Å²) in [5, 5.41) is 2.96. The summed E-state index contributed by atoms with van der Waals surface area (Å²) in [6, 6.07) is 10.00. The molecule has 0 saturated carbocycles. The highest BCUT2D eigenvalue weighted by molar-refractivity contribution is 9.10. The van der Waals surface area contributed by atoms with Gasteiger partial charge < -0.3 is 15.6 Å². The van der Waals surface area contributed by atoms with Crippen molar-refractivity contribution >= 4 is 21.8 Å². The van der Waals surface area contributed by atoms with Gasteiger partial charge in [0.2, 0.25) is 0 Å². The quantitative estimate of drug-likeness (QED) is 0.773. The highest BCUT2D eigenvalue weighted by Crippen LogP contribution is 2.23. The van der Waals surface area contributed by atoms with E-state index in [1.165, 1.54) is 0 Å².